The van der Waals surface area contributed by atoms with Crippen LogP contribution < -0.4 is 0 Å². The van der Waals surface area contributed by atoms with Crippen molar-refractivity contribution in [1.29, 1.82) is 0 Å². The van der Waals surface area contributed by atoms with E-state index in [9.17, 15) is 9.50 Å². The van der Waals surface area contributed by atoms with Crippen LogP contribution in [0.15, 0.2) is 18.2 Å². The Morgan fingerprint density at radius 2 is 2.06 bits per heavy atom. The molecule has 1 atom stereocenters. The highest BCUT2D eigenvalue weighted by Gasteiger charge is 2.21. The fourth-order valence-electron chi connectivity index (χ4n) is 2.87. The van der Waals surface area contributed by atoms with Crippen molar-refractivity contribution in [3.63, 3.8) is 0 Å². The van der Waals surface area contributed by atoms with Gasteiger partial charge in [-0.3, -0.25) is 4.90 Å². The van der Waals surface area contributed by atoms with Gasteiger partial charge in [-0.1, -0.05) is 18.9 Å². The third kappa shape index (κ3) is 3.02. The van der Waals surface area contributed by atoms with Crippen molar-refractivity contribution in [1.82, 2.24) is 4.90 Å². The first kappa shape index (κ1) is 13.3. The Hall–Kier alpha value is -1.09. The van der Waals surface area contributed by atoms with E-state index in [2.05, 4.69) is 18.9 Å². The first-order valence-electron chi connectivity index (χ1n) is 6.76. The van der Waals surface area contributed by atoms with Gasteiger partial charge in [0, 0.05) is 24.2 Å². The maximum atomic E-state index is 13.0. The van der Waals surface area contributed by atoms with Crippen molar-refractivity contribution in [3.05, 3.63) is 29.6 Å². The number of rotatable bonds is 4. The smallest absolute Gasteiger partial charge is 0.126 e. The van der Waals surface area contributed by atoms with Crippen molar-refractivity contribution in [2.24, 2.45) is 5.92 Å². The Kier molecular flexibility index (Phi) is 4.23. The number of nitrogens with zero attached hydrogens (tertiary/aromatic N) is 1. The van der Waals surface area contributed by atoms with Gasteiger partial charge in [-0.25, -0.2) is 4.39 Å². The molecule has 1 unspecified atom stereocenters. The minimum Gasteiger partial charge on any atom is -0.508 e. The van der Waals surface area contributed by atoms with Crippen LogP contribution in [0.3, 0.4) is 0 Å². The van der Waals surface area contributed by atoms with Crippen LogP contribution in [-0.4, -0.2) is 23.6 Å². The third-order valence-corrected chi connectivity index (χ3v) is 4.12. The van der Waals surface area contributed by atoms with Crippen LogP contribution in [0.25, 0.3) is 0 Å². The molecule has 0 radical (unpaired) electrons. The topological polar surface area (TPSA) is 23.5 Å². The predicted octanol–water partition coefficient (Wildman–Crippen LogP) is 3.71. The molecule has 2 nitrogen and oxygen atoms in total. The molecule has 0 amide bonds. The van der Waals surface area contributed by atoms with Crippen molar-refractivity contribution in [2.45, 2.75) is 38.6 Å². The lowest BCUT2D eigenvalue weighted by atomic mass is 10.0. The van der Waals surface area contributed by atoms with E-state index in [1.807, 2.05) is 0 Å². The van der Waals surface area contributed by atoms with E-state index >= 15 is 0 Å². The largest absolute Gasteiger partial charge is 0.508 e. The molecule has 0 spiro atoms. The second-order valence-electron chi connectivity index (χ2n) is 5.47. The van der Waals surface area contributed by atoms with Gasteiger partial charge >= 0.3 is 0 Å². The van der Waals surface area contributed by atoms with Gasteiger partial charge in [-0.15, -0.1) is 0 Å². The molecule has 1 N–H and O–H groups in total. The van der Waals surface area contributed by atoms with Crippen molar-refractivity contribution in [3.8, 4) is 5.75 Å². The molecule has 0 aromatic heterocycles. The average Bonchev–Trinajstić information content (AvgIpc) is 2.81. The standard InChI is InChI=1S/C15H22FNO/c1-11(14-8-7-13(16)9-15(14)18)17(2)10-12-5-3-4-6-12/h7-9,11-12,18H,3-6,10H2,1-2H3. The van der Waals surface area contributed by atoms with E-state index in [1.165, 1.54) is 37.8 Å². The Morgan fingerprint density at radius 3 is 2.67 bits per heavy atom. The fourth-order valence-corrected chi connectivity index (χ4v) is 2.87. The second kappa shape index (κ2) is 5.70. The van der Waals surface area contributed by atoms with E-state index in [4.69, 9.17) is 0 Å². The zero-order valence-electron chi connectivity index (χ0n) is 11.2. The van der Waals surface area contributed by atoms with Crippen LogP contribution in [-0.2, 0) is 0 Å². The van der Waals surface area contributed by atoms with Gasteiger partial charge in [0.1, 0.15) is 11.6 Å². The molecule has 0 bridgehead atoms. The van der Waals surface area contributed by atoms with Crippen LogP contribution in [0.2, 0.25) is 0 Å². The highest BCUT2D eigenvalue weighted by atomic mass is 19.1. The van der Waals surface area contributed by atoms with E-state index in [0.29, 0.717) is 0 Å². The molecule has 1 fully saturated rings. The number of hydrogen-bond acceptors (Lipinski definition) is 2. The molecule has 0 aliphatic heterocycles. The molecular formula is C15H22FNO. The molecule has 1 aliphatic rings. The Morgan fingerprint density at radius 1 is 1.39 bits per heavy atom. The summed E-state index contributed by atoms with van der Waals surface area (Å²) in [5, 5.41) is 9.80. The Labute approximate surface area is 108 Å². The lowest BCUT2D eigenvalue weighted by molar-refractivity contribution is 0.217. The summed E-state index contributed by atoms with van der Waals surface area (Å²) in [5.74, 6) is 0.447. The van der Waals surface area contributed by atoms with Crippen LogP contribution in [0, 0.1) is 11.7 Å². The number of aromatic hydroxyl groups is 1. The minimum absolute atomic E-state index is 0.0563. The maximum Gasteiger partial charge on any atom is 0.126 e. The first-order chi connectivity index (χ1) is 8.58. The molecule has 2 rings (SSSR count). The summed E-state index contributed by atoms with van der Waals surface area (Å²) < 4.78 is 13.0. The number of halogens is 1. The van der Waals surface area contributed by atoms with E-state index in [-0.39, 0.29) is 17.6 Å². The molecule has 18 heavy (non-hydrogen) atoms. The molecule has 1 saturated carbocycles. The number of phenolic OH excluding ortho intramolecular Hbond substituents is 1. The SMILES string of the molecule is CC(c1ccc(F)cc1O)N(C)CC1CCCC1. The van der Waals surface area contributed by atoms with E-state index in [1.54, 1.807) is 6.07 Å². The number of benzene rings is 1. The van der Waals surface area contributed by atoms with E-state index < -0.39 is 0 Å². The predicted molar refractivity (Wildman–Crippen MR) is 71.1 cm³/mol. The van der Waals surface area contributed by atoms with Crippen LogP contribution in [0.5, 0.6) is 5.75 Å². The van der Waals surface area contributed by atoms with Gasteiger partial charge in [0.2, 0.25) is 0 Å². The molecule has 0 heterocycles. The van der Waals surface area contributed by atoms with Crippen LogP contribution >= 0.6 is 0 Å². The highest BCUT2D eigenvalue weighted by Crippen LogP contribution is 2.31. The summed E-state index contributed by atoms with van der Waals surface area (Å²) in [6.07, 6.45) is 5.31. The monoisotopic (exact) mass is 251 g/mol. The second-order valence-corrected chi connectivity index (χ2v) is 5.47. The van der Waals surface area contributed by atoms with E-state index in [0.717, 1.165) is 18.0 Å². The van der Waals surface area contributed by atoms with Crippen molar-refractivity contribution < 1.29 is 9.50 Å². The molecular weight excluding hydrogens is 229 g/mol. The van der Waals surface area contributed by atoms with Gasteiger partial charge < -0.3 is 5.11 Å². The quantitative estimate of drug-likeness (QED) is 0.881. The number of phenols is 1. The summed E-state index contributed by atoms with van der Waals surface area (Å²) in [6.45, 7) is 3.11. The first-order valence-corrected chi connectivity index (χ1v) is 6.76. The highest BCUT2D eigenvalue weighted by molar-refractivity contribution is 5.34. The average molecular weight is 251 g/mol. The van der Waals surface area contributed by atoms with Gasteiger partial charge in [0.05, 0.1) is 0 Å². The maximum absolute atomic E-state index is 13.0. The number of hydrogen-bond donors (Lipinski definition) is 1. The minimum atomic E-state index is -0.387. The summed E-state index contributed by atoms with van der Waals surface area (Å²) in [4.78, 5) is 2.25. The molecule has 1 aromatic rings. The lowest BCUT2D eigenvalue weighted by Crippen LogP contribution is -2.27. The lowest BCUT2D eigenvalue weighted by Gasteiger charge is -2.28. The molecule has 1 aliphatic carbocycles. The third-order valence-electron chi connectivity index (χ3n) is 4.12. The molecule has 1 aromatic carbocycles. The fraction of sp³-hybridized carbons (Fsp3) is 0.600. The van der Waals surface area contributed by atoms with Crippen LogP contribution in [0.1, 0.15) is 44.2 Å². The summed E-state index contributed by atoms with van der Waals surface area (Å²) in [5.41, 5.74) is 0.803. The van der Waals surface area contributed by atoms with Crippen LogP contribution in [0.4, 0.5) is 4.39 Å². The summed E-state index contributed by atoms with van der Waals surface area (Å²) in [7, 11) is 2.08. The van der Waals surface area contributed by atoms with Gasteiger partial charge in [0.15, 0.2) is 0 Å². The molecule has 0 saturated heterocycles. The zero-order chi connectivity index (χ0) is 13.1. The molecule has 100 valence electrons. The summed E-state index contributed by atoms with van der Waals surface area (Å²) in [6, 6.07) is 4.40. The summed E-state index contributed by atoms with van der Waals surface area (Å²) >= 11 is 0. The zero-order valence-corrected chi connectivity index (χ0v) is 11.2. The van der Waals surface area contributed by atoms with Gasteiger partial charge in [-0.2, -0.15) is 0 Å². The van der Waals surface area contributed by atoms with Gasteiger partial charge in [0.25, 0.3) is 0 Å². The normalized spacial score (nSPS) is 18.4. The van der Waals surface area contributed by atoms with Gasteiger partial charge in [-0.05, 0) is 38.8 Å². The Balaban J connectivity index is 2.02. The Bertz CT molecular complexity index is 401. The van der Waals surface area contributed by atoms with Crippen molar-refractivity contribution >= 4 is 0 Å². The van der Waals surface area contributed by atoms with Crippen molar-refractivity contribution in [2.75, 3.05) is 13.6 Å². The molecule has 3 heteroatoms.